The molecule has 0 aliphatic heterocycles. The van der Waals surface area contributed by atoms with Crippen molar-refractivity contribution in [3.05, 3.63) is 59.2 Å². The number of ether oxygens (including phenoxy) is 2. The van der Waals surface area contributed by atoms with Gasteiger partial charge in [-0.25, -0.2) is 0 Å². The van der Waals surface area contributed by atoms with Gasteiger partial charge in [0.2, 0.25) is 0 Å². The van der Waals surface area contributed by atoms with Crippen LogP contribution in [-0.2, 0) is 13.1 Å². The molecular weight excluding hydrogens is 354 g/mol. The summed E-state index contributed by atoms with van der Waals surface area (Å²) in [5, 5.41) is 2.87. The minimum Gasteiger partial charge on any atom is -0.490 e. The predicted molar refractivity (Wildman–Crippen MR) is 98.4 cm³/mol. The van der Waals surface area contributed by atoms with Crippen molar-refractivity contribution in [2.45, 2.75) is 26.6 Å². The molecule has 0 saturated carbocycles. The first-order chi connectivity index (χ1) is 12.9. The van der Waals surface area contributed by atoms with Crippen LogP contribution in [0.2, 0.25) is 0 Å². The maximum atomic E-state index is 12.5. The Morgan fingerprint density at radius 1 is 1.11 bits per heavy atom. The molecule has 0 aliphatic carbocycles. The third kappa shape index (κ3) is 6.21. The Labute approximate surface area is 157 Å². The first kappa shape index (κ1) is 20.6. The summed E-state index contributed by atoms with van der Waals surface area (Å²) in [6.07, 6.45) is 0. The summed E-state index contributed by atoms with van der Waals surface area (Å²) >= 11 is 0. The Kier molecular flexibility index (Phi) is 7.55. The molecule has 0 radical (unpaired) electrons. The van der Waals surface area contributed by atoms with Gasteiger partial charge in [0.1, 0.15) is 6.54 Å². The topological polar surface area (TPSA) is 52.0 Å². The highest BCUT2D eigenvalue weighted by molar-refractivity contribution is 5.94. The van der Waals surface area contributed by atoms with Crippen LogP contribution in [0, 0.1) is 0 Å². The molecule has 1 amide bonds. The van der Waals surface area contributed by atoms with Crippen LogP contribution < -0.4 is 19.7 Å². The number of nitrogens with one attached hydrogen (secondary N) is 2. The van der Waals surface area contributed by atoms with Gasteiger partial charge in [0.15, 0.2) is 11.5 Å². The van der Waals surface area contributed by atoms with E-state index in [2.05, 4.69) is 24.1 Å². The van der Waals surface area contributed by atoms with E-state index in [1.165, 1.54) is 23.1 Å². The lowest BCUT2D eigenvalue weighted by molar-refractivity contribution is -0.872. The standard InChI is InChI=1S/C20H24F2N2O3/c1-4-26-18-11-14(9-10-17(18)27-20(21)22)19(25)23-12-15-7-5-6-8-16(15)13-24(2)3/h5-11,20H,4,12-13H2,1-3H3,(H,23,25)/p+1. The smallest absolute Gasteiger partial charge is 0.387 e. The largest absolute Gasteiger partial charge is 0.490 e. The lowest BCUT2D eigenvalue weighted by Crippen LogP contribution is -3.04. The third-order valence-electron chi connectivity index (χ3n) is 3.82. The lowest BCUT2D eigenvalue weighted by atomic mass is 10.1. The van der Waals surface area contributed by atoms with Gasteiger partial charge in [-0.3, -0.25) is 4.79 Å². The van der Waals surface area contributed by atoms with Gasteiger partial charge >= 0.3 is 6.61 Å². The Bertz CT molecular complexity index is 767. The maximum Gasteiger partial charge on any atom is 0.387 e. The van der Waals surface area contributed by atoms with E-state index in [0.29, 0.717) is 12.1 Å². The molecule has 2 aromatic rings. The fourth-order valence-corrected chi connectivity index (χ4v) is 2.67. The van der Waals surface area contributed by atoms with Crippen LogP contribution in [-0.4, -0.2) is 33.2 Å². The maximum absolute atomic E-state index is 12.5. The number of carbonyl (C=O) groups excluding carboxylic acids is 1. The van der Waals surface area contributed by atoms with E-state index in [9.17, 15) is 13.6 Å². The Balaban J connectivity index is 2.11. The van der Waals surface area contributed by atoms with Crippen molar-refractivity contribution in [2.75, 3.05) is 20.7 Å². The molecule has 0 saturated heterocycles. The average molecular weight is 379 g/mol. The molecular formula is C20H25F2N2O3+. The van der Waals surface area contributed by atoms with E-state index in [0.717, 1.165) is 17.7 Å². The van der Waals surface area contributed by atoms with Gasteiger partial charge in [0, 0.05) is 17.7 Å². The Morgan fingerprint density at radius 3 is 2.44 bits per heavy atom. The molecule has 0 spiro atoms. The number of hydrogen-bond acceptors (Lipinski definition) is 3. The highest BCUT2D eigenvalue weighted by Gasteiger charge is 2.15. The van der Waals surface area contributed by atoms with Crippen molar-refractivity contribution in [2.24, 2.45) is 0 Å². The van der Waals surface area contributed by atoms with Gasteiger partial charge in [-0.2, -0.15) is 8.78 Å². The molecule has 0 aromatic heterocycles. The van der Waals surface area contributed by atoms with Gasteiger partial charge in [0.05, 0.1) is 20.7 Å². The van der Waals surface area contributed by atoms with Crippen molar-refractivity contribution in [1.82, 2.24) is 5.32 Å². The second-order valence-corrected chi connectivity index (χ2v) is 6.31. The van der Waals surface area contributed by atoms with E-state index in [1.54, 1.807) is 6.92 Å². The molecule has 146 valence electrons. The minimum absolute atomic E-state index is 0.0947. The van der Waals surface area contributed by atoms with Gasteiger partial charge in [-0.05, 0) is 30.7 Å². The van der Waals surface area contributed by atoms with E-state index in [1.807, 2.05) is 24.3 Å². The number of rotatable bonds is 9. The third-order valence-corrected chi connectivity index (χ3v) is 3.82. The molecule has 0 aliphatic rings. The highest BCUT2D eigenvalue weighted by Crippen LogP contribution is 2.29. The molecule has 5 nitrogen and oxygen atoms in total. The van der Waals surface area contributed by atoms with E-state index in [4.69, 9.17) is 4.74 Å². The summed E-state index contributed by atoms with van der Waals surface area (Å²) in [4.78, 5) is 13.8. The molecule has 0 heterocycles. The molecule has 2 rings (SSSR count). The van der Waals surface area contributed by atoms with Crippen molar-refractivity contribution < 1.29 is 27.9 Å². The molecule has 0 atom stereocenters. The first-order valence-electron chi connectivity index (χ1n) is 8.76. The number of quaternary nitrogens is 1. The van der Waals surface area contributed by atoms with E-state index >= 15 is 0 Å². The van der Waals surface area contributed by atoms with Crippen molar-refractivity contribution in [3.63, 3.8) is 0 Å². The van der Waals surface area contributed by atoms with Crippen LogP contribution in [0.4, 0.5) is 8.78 Å². The zero-order valence-electron chi connectivity index (χ0n) is 15.7. The zero-order valence-corrected chi connectivity index (χ0v) is 15.7. The molecule has 2 N–H and O–H groups in total. The van der Waals surface area contributed by atoms with Gasteiger partial charge in [-0.15, -0.1) is 0 Å². The van der Waals surface area contributed by atoms with E-state index < -0.39 is 6.61 Å². The fraction of sp³-hybridized carbons (Fsp3) is 0.350. The fourth-order valence-electron chi connectivity index (χ4n) is 2.67. The quantitative estimate of drug-likeness (QED) is 0.703. The predicted octanol–water partition coefficient (Wildman–Crippen LogP) is 2.26. The van der Waals surface area contributed by atoms with E-state index in [-0.39, 0.29) is 24.0 Å². The summed E-state index contributed by atoms with van der Waals surface area (Å²) in [6, 6.07) is 12.1. The summed E-state index contributed by atoms with van der Waals surface area (Å²) in [6.45, 7) is 0.258. The van der Waals surface area contributed by atoms with Crippen LogP contribution in [0.25, 0.3) is 0 Å². The van der Waals surface area contributed by atoms with Gasteiger partial charge in [-0.1, -0.05) is 24.3 Å². The molecule has 27 heavy (non-hydrogen) atoms. The van der Waals surface area contributed by atoms with Crippen LogP contribution in [0.15, 0.2) is 42.5 Å². The molecule has 0 unspecified atom stereocenters. The number of carbonyl (C=O) groups is 1. The number of amides is 1. The number of halogens is 2. The average Bonchev–Trinajstić information content (AvgIpc) is 2.61. The highest BCUT2D eigenvalue weighted by atomic mass is 19.3. The minimum atomic E-state index is -2.96. The van der Waals surface area contributed by atoms with Gasteiger partial charge in [0.25, 0.3) is 5.91 Å². The monoisotopic (exact) mass is 379 g/mol. The summed E-state index contributed by atoms with van der Waals surface area (Å²) in [7, 11) is 4.13. The summed E-state index contributed by atoms with van der Waals surface area (Å²) < 4.78 is 34.7. The number of hydrogen-bond donors (Lipinski definition) is 2. The molecule has 0 bridgehead atoms. The van der Waals surface area contributed by atoms with Crippen LogP contribution >= 0.6 is 0 Å². The first-order valence-corrected chi connectivity index (χ1v) is 8.76. The SMILES string of the molecule is CCOc1cc(C(=O)NCc2ccccc2C[NH+](C)C)ccc1OC(F)F. The van der Waals surface area contributed by atoms with Crippen molar-refractivity contribution >= 4 is 5.91 Å². The molecule has 2 aromatic carbocycles. The van der Waals surface area contributed by atoms with Crippen LogP contribution in [0.3, 0.4) is 0 Å². The zero-order chi connectivity index (χ0) is 19.8. The number of alkyl halides is 2. The molecule has 7 heteroatoms. The van der Waals surface area contributed by atoms with Crippen molar-refractivity contribution in [3.8, 4) is 11.5 Å². The lowest BCUT2D eigenvalue weighted by Gasteiger charge is -2.14. The number of benzene rings is 2. The van der Waals surface area contributed by atoms with Crippen molar-refractivity contribution in [1.29, 1.82) is 0 Å². The second kappa shape index (κ2) is 9.87. The van der Waals surface area contributed by atoms with Gasteiger partial charge < -0.3 is 19.7 Å². The summed E-state index contributed by atoms with van der Waals surface area (Å²) in [5.41, 5.74) is 2.51. The Morgan fingerprint density at radius 2 is 1.81 bits per heavy atom. The second-order valence-electron chi connectivity index (χ2n) is 6.31. The van der Waals surface area contributed by atoms with Crippen LogP contribution in [0.1, 0.15) is 28.4 Å². The van der Waals surface area contributed by atoms with Crippen LogP contribution in [0.5, 0.6) is 11.5 Å². The summed E-state index contributed by atoms with van der Waals surface area (Å²) in [5.74, 6) is -0.295. The normalized spacial score (nSPS) is 10.9. The Hall–Kier alpha value is -2.67. The molecule has 0 fully saturated rings.